The molecule has 0 fully saturated rings. The second-order valence-corrected chi connectivity index (χ2v) is 5.77. The van der Waals surface area contributed by atoms with E-state index < -0.39 is 5.82 Å². The highest BCUT2D eigenvalue weighted by Gasteiger charge is 2.05. The SMILES string of the molecule is CN=C(NCCCn1nc(C)cc1C)NCc1ccc(C#N)cc1F. The Morgan fingerprint density at radius 2 is 2.12 bits per heavy atom. The average Bonchev–Trinajstić information content (AvgIpc) is 2.92. The van der Waals surface area contributed by atoms with Crippen LogP contribution in [0.4, 0.5) is 4.39 Å². The molecule has 0 bridgehead atoms. The van der Waals surface area contributed by atoms with Crippen molar-refractivity contribution in [3.8, 4) is 6.07 Å². The third-order valence-electron chi connectivity index (χ3n) is 3.79. The lowest BCUT2D eigenvalue weighted by atomic mass is 10.1. The van der Waals surface area contributed by atoms with Gasteiger partial charge >= 0.3 is 0 Å². The highest BCUT2D eigenvalue weighted by molar-refractivity contribution is 5.79. The first-order valence-electron chi connectivity index (χ1n) is 8.17. The van der Waals surface area contributed by atoms with Crippen molar-refractivity contribution in [3.05, 3.63) is 52.6 Å². The van der Waals surface area contributed by atoms with Crippen LogP contribution in [0.3, 0.4) is 0 Å². The monoisotopic (exact) mass is 342 g/mol. The van der Waals surface area contributed by atoms with Crippen LogP contribution in [0.2, 0.25) is 0 Å². The van der Waals surface area contributed by atoms with E-state index in [2.05, 4.69) is 26.8 Å². The largest absolute Gasteiger partial charge is 0.356 e. The van der Waals surface area contributed by atoms with Crippen molar-refractivity contribution in [1.82, 2.24) is 20.4 Å². The predicted octanol–water partition coefficient (Wildman–Crippen LogP) is 2.27. The summed E-state index contributed by atoms with van der Waals surface area (Å²) in [5, 5.41) is 19.5. The van der Waals surface area contributed by atoms with Gasteiger partial charge in [-0.25, -0.2) is 4.39 Å². The maximum absolute atomic E-state index is 13.9. The molecule has 6 nitrogen and oxygen atoms in total. The van der Waals surface area contributed by atoms with Gasteiger partial charge in [0.25, 0.3) is 0 Å². The number of hydrogen-bond donors (Lipinski definition) is 2. The van der Waals surface area contributed by atoms with E-state index in [-0.39, 0.29) is 0 Å². The van der Waals surface area contributed by atoms with E-state index in [1.807, 2.05) is 24.6 Å². The summed E-state index contributed by atoms with van der Waals surface area (Å²) in [7, 11) is 1.67. The van der Waals surface area contributed by atoms with Crippen molar-refractivity contribution in [1.29, 1.82) is 5.26 Å². The van der Waals surface area contributed by atoms with E-state index in [4.69, 9.17) is 5.26 Å². The number of nitrogens with one attached hydrogen (secondary N) is 2. The predicted molar refractivity (Wildman–Crippen MR) is 95.6 cm³/mol. The van der Waals surface area contributed by atoms with Gasteiger partial charge in [-0.1, -0.05) is 6.07 Å². The lowest BCUT2D eigenvalue weighted by molar-refractivity contribution is 0.554. The molecule has 0 aliphatic heterocycles. The summed E-state index contributed by atoms with van der Waals surface area (Å²) in [5.74, 6) is 0.212. The maximum atomic E-state index is 13.9. The van der Waals surface area contributed by atoms with E-state index in [0.717, 1.165) is 30.9 Å². The van der Waals surface area contributed by atoms with Gasteiger partial charge in [0.2, 0.25) is 0 Å². The zero-order chi connectivity index (χ0) is 18.2. The Morgan fingerprint density at radius 1 is 1.32 bits per heavy atom. The van der Waals surface area contributed by atoms with Gasteiger partial charge < -0.3 is 10.6 Å². The molecule has 0 aliphatic rings. The van der Waals surface area contributed by atoms with Crippen molar-refractivity contribution in [2.24, 2.45) is 4.99 Å². The van der Waals surface area contributed by atoms with Crippen LogP contribution in [-0.4, -0.2) is 29.3 Å². The highest BCUT2D eigenvalue weighted by Crippen LogP contribution is 2.09. The van der Waals surface area contributed by atoms with Crippen molar-refractivity contribution in [2.45, 2.75) is 33.4 Å². The summed E-state index contributed by atoms with van der Waals surface area (Å²) in [6.07, 6.45) is 0.897. The van der Waals surface area contributed by atoms with Crippen molar-refractivity contribution < 1.29 is 4.39 Å². The molecule has 2 N–H and O–H groups in total. The number of halogens is 1. The van der Waals surface area contributed by atoms with Crippen LogP contribution in [-0.2, 0) is 13.1 Å². The van der Waals surface area contributed by atoms with Crippen LogP contribution in [0.25, 0.3) is 0 Å². The summed E-state index contributed by atoms with van der Waals surface area (Å²) < 4.78 is 15.8. The van der Waals surface area contributed by atoms with Gasteiger partial charge in [0.1, 0.15) is 5.82 Å². The Kier molecular flexibility index (Phi) is 6.52. The van der Waals surface area contributed by atoms with E-state index in [1.54, 1.807) is 19.2 Å². The third kappa shape index (κ3) is 5.31. The molecule has 0 atom stereocenters. The first-order chi connectivity index (χ1) is 12.0. The van der Waals surface area contributed by atoms with Crippen LogP contribution in [0.1, 0.15) is 28.9 Å². The summed E-state index contributed by atoms with van der Waals surface area (Å²) in [4.78, 5) is 4.13. The average molecular weight is 342 g/mol. The summed E-state index contributed by atoms with van der Waals surface area (Å²) in [6.45, 7) is 5.88. The number of nitriles is 1. The third-order valence-corrected chi connectivity index (χ3v) is 3.79. The number of guanidine groups is 1. The molecule has 0 radical (unpaired) electrons. The molecule has 2 aromatic rings. The van der Waals surface area contributed by atoms with E-state index >= 15 is 0 Å². The summed E-state index contributed by atoms with van der Waals surface area (Å²) in [6, 6.07) is 8.42. The molecule has 1 aromatic heterocycles. The smallest absolute Gasteiger partial charge is 0.191 e. The molecule has 0 saturated carbocycles. The molecule has 1 heterocycles. The number of benzene rings is 1. The quantitative estimate of drug-likeness (QED) is 0.479. The van der Waals surface area contributed by atoms with Gasteiger partial charge in [-0.3, -0.25) is 9.67 Å². The lowest BCUT2D eigenvalue weighted by Crippen LogP contribution is -2.37. The summed E-state index contributed by atoms with van der Waals surface area (Å²) >= 11 is 0. The second-order valence-electron chi connectivity index (χ2n) is 5.77. The molecule has 0 saturated heterocycles. The van der Waals surface area contributed by atoms with Crippen molar-refractivity contribution >= 4 is 5.96 Å². The van der Waals surface area contributed by atoms with Crippen LogP contribution in [0.5, 0.6) is 0 Å². The lowest BCUT2D eigenvalue weighted by Gasteiger charge is -2.12. The Hall–Kier alpha value is -2.88. The fourth-order valence-electron chi connectivity index (χ4n) is 2.50. The first-order valence-corrected chi connectivity index (χ1v) is 8.17. The van der Waals surface area contributed by atoms with Gasteiger partial charge in [-0.15, -0.1) is 0 Å². The molecule has 7 heteroatoms. The summed E-state index contributed by atoms with van der Waals surface area (Å²) in [5.41, 5.74) is 2.97. The zero-order valence-corrected chi connectivity index (χ0v) is 14.8. The Morgan fingerprint density at radius 3 is 2.72 bits per heavy atom. The van der Waals surface area contributed by atoms with Crippen LogP contribution in [0.15, 0.2) is 29.3 Å². The van der Waals surface area contributed by atoms with Gasteiger partial charge in [-0.05, 0) is 38.5 Å². The van der Waals surface area contributed by atoms with Crippen LogP contribution in [0, 0.1) is 31.0 Å². The molecule has 1 aromatic carbocycles. The highest BCUT2D eigenvalue weighted by atomic mass is 19.1. The molecule has 25 heavy (non-hydrogen) atoms. The zero-order valence-electron chi connectivity index (χ0n) is 14.8. The Labute approximate surface area is 147 Å². The molecule has 0 aliphatic carbocycles. The van der Waals surface area contributed by atoms with Gasteiger partial charge in [0.05, 0.1) is 17.3 Å². The normalized spacial score (nSPS) is 11.2. The topological polar surface area (TPSA) is 78.0 Å². The molecular weight excluding hydrogens is 319 g/mol. The number of aromatic nitrogens is 2. The van der Waals surface area contributed by atoms with E-state index in [1.165, 1.54) is 6.07 Å². The van der Waals surface area contributed by atoms with Crippen LogP contribution >= 0.6 is 0 Å². The van der Waals surface area contributed by atoms with Gasteiger partial charge in [0, 0.05) is 37.9 Å². The number of nitrogens with zero attached hydrogens (tertiary/aromatic N) is 4. The number of aryl methyl sites for hydroxylation is 3. The number of aliphatic imine (C=N–C) groups is 1. The van der Waals surface area contributed by atoms with Crippen molar-refractivity contribution in [3.63, 3.8) is 0 Å². The minimum Gasteiger partial charge on any atom is -0.356 e. The Balaban J connectivity index is 1.77. The fraction of sp³-hybridized carbons (Fsp3) is 0.389. The molecule has 132 valence electrons. The molecule has 0 unspecified atom stereocenters. The molecule has 0 spiro atoms. The van der Waals surface area contributed by atoms with E-state index in [0.29, 0.717) is 23.6 Å². The van der Waals surface area contributed by atoms with E-state index in [9.17, 15) is 4.39 Å². The number of rotatable bonds is 6. The minimum absolute atomic E-state index is 0.300. The molecule has 2 rings (SSSR count). The van der Waals surface area contributed by atoms with Crippen LogP contribution < -0.4 is 10.6 Å². The minimum atomic E-state index is -0.397. The van der Waals surface area contributed by atoms with Gasteiger partial charge in [-0.2, -0.15) is 10.4 Å². The maximum Gasteiger partial charge on any atom is 0.191 e. The second kappa shape index (κ2) is 8.83. The molecular formula is C18H23FN6. The first kappa shape index (κ1) is 18.5. The fourth-order valence-corrected chi connectivity index (χ4v) is 2.50. The van der Waals surface area contributed by atoms with Gasteiger partial charge in [0.15, 0.2) is 5.96 Å². The van der Waals surface area contributed by atoms with Crippen molar-refractivity contribution in [2.75, 3.05) is 13.6 Å². The Bertz CT molecular complexity index is 787. The molecule has 0 amide bonds. The standard InChI is InChI=1S/C18H23FN6/c1-13-9-14(2)25(24-13)8-4-7-22-18(21-3)23-12-16-6-5-15(11-20)10-17(16)19/h5-6,9-10H,4,7-8,12H2,1-3H3,(H2,21,22,23). The number of hydrogen-bond acceptors (Lipinski definition) is 3.